The van der Waals surface area contributed by atoms with Gasteiger partial charge in [-0.25, -0.2) is 0 Å². The number of allylic oxidation sites excluding steroid dienone is 4. The molecule has 27 heavy (non-hydrogen) atoms. The van der Waals surface area contributed by atoms with Crippen molar-refractivity contribution < 1.29 is 9.47 Å². The Morgan fingerprint density at radius 3 is 2.26 bits per heavy atom. The average molecular weight is 380 g/mol. The Labute approximate surface area is 164 Å². The number of methoxy groups -OCH3 is 1. The maximum Gasteiger partial charge on any atom is 0.188 e. The largest absolute Gasteiger partial charge is 0.467 e. The average Bonchev–Trinajstić information content (AvgIpc) is 3.15. The van der Waals surface area contributed by atoms with Crippen molar-refractivity contribution in [2.45, 2.75) is 38.8 Å². The van der Waals surface area contributed by atoms with Gasteiger partial charge in [-0.3, -0.25) is 0 Å². The van der Waals surface area contributed by atoms with Crippen molar-refractivity contribution in [1.82, 2.24) is 0 Å². The van der Waals surface area contributed by atoms with E-state index in [9.17, 15) is 0 Å². The van der Waals surface area contributed by atoms with E-state index < -0.39 is 7.92 Å². The van der Waals surface area contributed by atoms with Crippen LogP contribution in [0.2, 0.25) is 0 Å². The molecule has 0 saturated carbocycles. The first-order chi connectivity index (χ1) is 12.9. The Morgan fingerprint density at radius 2 is 1.67 bits per heavy atom. The summed E-state index contributed by atoms with van der Waals surface area (Å²) in [4.78, 5) is 0. The Bertz CT molecular complexity index is 819. The summed E-state index contributed by atoms with van der Waals surface area (Å²) in [6, 6.07) is 15.4. The molecular formula is C24H29O2P. The van der Waals surface area contributed by atoms with Crippen LogP contribution in [-0.2, 0) is 10.2 Å². The summed E-state index contributed by atoms with van der Waals surface area (Å²) in [5, 5.41) is 2.65. The van der Waals surface area contributed by atoms with Gasteiger partial charge in [0.1, 0.15) is 5.75 Å². The van der Waals surface area contributed by atoms with Crippen LogP contribution in [0.4, 0.5) is 0 Å². The van der Waals surface area contributed by atoms with Crippen molar-refractivity contribution in [1.29, 1.82) is 0 Å². The third kappa shape index (κ3) is 4.51. The lowest BCUT2D eigenvalue weighted by Gasteiger charge is -2.30. The Morgan fingerprint density at radius 1 is 1.00 bits per heavy atom. The Kier molecular flexibility index (Phi) is 6.19. The topological polar surface area (TPSA) is 18.5 Å². The van der Waals surface area contributed by atoms with E-state index in [-0.39, 0.29) is 12.2 Å². The van der Waals surface area contributed by atoms with Crippen LogP contribution in [-0.4, -0.2) is 19.6 Å². The predicted molar refractivity (Wildman–Crippen MR) is 117 cm³/mol. The highest BCUT2D eigenvalue weighted by Gasteiger charge is 2.30. The Balaban J connectivity index is 2.23. The SMILES string of the molecule is COCOc1c(P(c2ccccc2)C2C=CC=C2)cc(C)cc1C(C)(C)C. The van der Waals surface area contributed by atoms with E-state index >= 15 is 0 Å². The first-order valence-corrected chi connectivity index (χ1v) is 10.8. The van der Waals surface area contributed by atoms with Crippen LogP contribution in [0.3, 0.4) is 0 Å². The van der Waals surface area contributed by atoms with Gasteiger partial charge in [0.05, 0.1) is 0 Å². The molecule has 2 aromatic rings. The van der Waals surface area contributed by atoms with Gasteiger partial charge in [0.2, 0.25) is 0 Å². The Hall–Kier alpha value is -1.89. The highest BCUT2D eigenvalue weighted by Crippen LogP contribution is 2.47. The maximum atomic E-state index is 6.21. The van der Waals surface area contributed by atoms with Crippen LogP contribution in [0.5, 0.6) is 5.75 Å². The molecule has 0 bridgehead atoms. The molecule has 2 aromatic carbocycles. The second-order valence-corrected chi connectivity index (χ2v) is 10.3. The van der Waals surface area contributed by atoms with E-state index in [4.69, 9.17) is 9.47 Å². The molecule has 0 heterocycles. The fraction of sp³-hybridized carbons (Fsp3) is 0.333. The minimum atomic E-state index is -0.623. The molecule has 0 amide bonds. The molecule has 0 aliphatic heterocycles. The van der Waals surface area contributed by atoms with Gasteiger partial charge in [-0.05, 0) is 37.2 Å². The molecule has 1 aliphatic carbocycles. The van der Waals surface area contributed by atoms with E-state index in [1.165, 1.54) is 21.7 Å². The minimum absolute atomic E-state index is 0.0110. The molecular weight excluding hydrogens is 351 g/mol. The van der Waals surface area contributed by atoms with E-state index in [0.717, 1.165) is 5.75 Å². The summed E-state index contributed by atoms with van der Waals surface area (Å²) in [5.74, 6) is 0.985. The van der Waals surface area contributed by atoms with Crippen LogP contribution >= 0.6 is 7.92 Å². The van der Waals surface area contributed by atoms with Crippen molar-refractivity contribution in [2.75, 3.05) is 13.9 Å². The quantitative estimate of drug-likeness (QED) is 0.506. The van der Waals surface area contributed by atoms with Gasteiger partial charge in [0.25, 0.3) is 0 Å². The summed E-state index contributed by atoms with van der Waals surface area (Å²) in [6.45, 7) is 9.16. The van der Waals surface area contributed by atoms with Crippen LogP contribution in [0.25, 0.3) is 0 Å². The third-order valence-corrected chi connectivity index (χ3v) is 7.31. The maximum absolute atomic E-state index is 6.21. The molecule has 2 nitrogen and oxygen atoms in total. The first-order valence-electron chi connectivity index (χ1n) is 9.38. The highest BCUT2D eigenvalue weighted by atomic mass is 31.1. The zero-order valence-corrected chi connectivity index (χ0v) is 17.8. The number of hydrogen-bond acceptors (Lipinski definition) is 2. The van der Waals surface area contributed by atoms with Crippen molar-refractivity contribution in [3.8, 4) is 5.75 Å². The summed E-state index contributed by atoms with van der Waals surface area (Å²) in [7, 11) is 1.05. The van der Waals surface area contributed by atoms with Gasteiger partial charge in [-0.1, -0.05) is 81.5 Å². The van der Waals surface area contributed by atoms with Crippen LogP contribution < -0.4 is 15.3 Å². The molecule has 3 rings (SSSR count). The normalized spacial score (nSPS) is 15.3. The molecule has 3 heteroatoms. The monoisotopic (exact) mass is 380 g/mol. The van der Waals surface area contributed by atoms with Gasteiger partial charge in [0.15, 0.2) is 6.79 Å². The predicted octanol–water partition coefficient (Wildman–Crippen LogP) is 5.20. The lowest BCUT2D eigenvalue weighted by atomic mass is 9.85. The van der Waals surface area contributed by atoms with Crippen LogP contribution in [0.15, 0.2) is 66.8 Å². The molecule has 1 unspecified atom stereocenters. The van der Waals surface area contributed by atoms with E-state index in [1.807, 2.05) is 0 Å². The number of rotatable bonds is 6. The van der Waals surface area contributed by atoms with Gasteiger partial charge in [0, 0.05) is 23.6 Å². The molecule has 142 valence electrons. The molecule has 0 aromatic heterocycles. The van der Waals surface area contributed by atoms with Crippen molar-refractivity contribution in [2.24, 2.45) is 0 Å². The van der Waals surface area contributed by atoms with Crippen LogP contribution in [0.1, 0.15) is 31.9 Å². The minimum Gasteiger partial charge on any atom is -0.467 e. The van der Waals surface area contributed by atoms with Crippen molar-refractivity contribution in [3.05, 3.63) is 77.9 Å². The molecule has 0 saturated heterocycles. The summed E-state index contributed by atoms with van der Waals surface area (Å²) in [5.41, 5.74) is 2.88. The molecule has 1 atom stereocenters. The standard InChI is InChI=1S/C24H29O2P/c1-18-15-21(24(2,3)4)23(26-17-25-5)22(16-18)27(20-13-9-10-14-20)19-11-7-6-8-12-19/h6-16,20H,17H2,1-5H3. The summed E-state index contributed by atoms with van der Waals surface area (Å²) < 4.78 is 11.5. The van der Waals surface area contributed by atoms with Gasteiger partial charge in [-0.15, -0.1) is 0 Å². The highest BCUT2D eigenvalue weighted by molar-refractivity contribution is 7.74. The molecule has 1 aliphatic rings. The van der Waals surface area contributed by atoms with Crippen LogP contribution in [0, 0.1) is 6.92 Å². The van der Waals surface area contributed by atoms with E-state index in [1.54, 1.807) is 7.11 Å². The second-order valence-electron chi connectivity index (χ2n) is 7.93. The summed E-state index contributed by atoms with van der Waals surface area (Å²) in [6.07, 6.45) is 8.91. The lowest BCUT2D eigenvalue weighted by Crippen LogP contribution is -2.25. The van der Waals surface area contributed by atoms with E-state index in [2.05, 4.69) is 94.5 Å². The second kappa shape index (κ2) is 8.42. The smallest absolute Gasteiger partial charge is 0.188 e. The molecule has 0 N–H and O–H groups in total. The molecule has 0 radical (unpaired) electrons. The number of ether oxygens (including phenoxy) is 2. The van der Waals surface area contributed by atoms with E-state index in [0.29, 0.717) is 5.66 Å². The first kappa shape index (κ1) is 19.9. The number of benzene rings is 2. The third-order valence-electron chi connectivity index (χ3n) is 4.66. The van der Waals surface area contributed by atoms with Gasteiger partial charge >= 0.3 is 0 Å². The zero-order chi connectivity index (χ0) is 19.4. The van der Waals surface area contributed by atoms with Gasteiger partial charge in [-0.2, -0.15) is 0 Å². The fourth-order valence-electron chi connectivity index (χ4n) is 3.41. The zero-order valence-electron chi connectivity index (χ0n) is 16.9. The van der Waals surface area contributed by atoms with Crippen molar-refractivity contribution >= 4 is 18.5 Å². The van der Waals surface area contributed by atoms with Crippen molar-refractivity contribution in [3.63, 3.8) is 0 Å². The van der Waals surface area contributed by atoms with Gasteiger partial charge < -0.3 is 9.47 Å². The fourth-order valence-corrected chi connectivity index (χ4v) is 6.14. The lowest BCUT2D eigenvalue weighted by molar-refractivity contribution is 0.0506. The molecule has 0 fully saturated rings. The molecule has 0 spiro atoms. The number of aryl methyl sites for hydroxylation is 1. The number of hydrogen-bond donors (Lipinski definition) is 0. The summed E-state index contributed by atoms with van der Waals surface area (Å²) >= 11 is 0.